The summed E-state index contributed by atoms with van der Waals surface area (Å²) in [5.41, 5.74) is 3.15. The van der Waals surface area contributed by atoms with Gasteiger partial charge in [-0.25, -0.2) is 9.07 Å². The van der Waals surface area contributed by atoms with E-state index >= 15 is 0 Å². The van der Waals surface area contributed by atoms with Gasteiger partial charge in [0.25, 0.3) is 5.91 Å². The number of aromatic nitrogens is 2. The molecular formula is C19H18FN3O2. The number of nitrogens with zero attached hydrogens (tertiary/aromatic N) is 2. The highest BCUT2D eigenvalue weighted by Gasteiger charge is 2.14. The number of carbonyl (C=O) groups is 1. The molecule has 0 aliphatic heterocycles. The fraction of sp³-hybridized carbons (Fsp3) is 0.158. The third-order valence-electron chi connectivity index (χ3n) is 3.90. The summed E-state index contributed by atoms with van der Waals surface area (Å²) in [4.78, 5) is 12.4. The van der Waals surface area contributed by atoms with E-state index in [1.54, 1.807) is 25.1 Å². The molecule has 3 aromatic rings. The molecule has 0 atom stereocenters. The van der Waals surface area contributed by atoms with Crippen molar-refractivity contribution in [1.82, 2.24) is 15.1 Å². The molecule has 0 unspecified atom stereocenters. The van der Waals surface area contributed by atoms with Gasteiger partial charge in [-0.2, -0.15) is 5.10 Å². The van der Waals surface area contributed by atoms with Gasteiger partial charge in [-0.15, -0.1) is 0 Å². The number of nitrogens with one attached hydrogen (secondary N) is 1. The van der Waals surface area contributed by atoms with Gasteiger partial charge >= 0.3 is 0 Å². The summed E-state index contributed by atoms with van der Waals surface area (Å²) >= 11 is 0. The summed E-state index contributed by atoms with van der Waals surface area (Å²) < 4.78 is 14.9. The first kappa shape index (κ1) is 16.9. The molecule has 0 saturated heterocycles. The SMILES string of the molecule is Cc1cc(C(=O)NCc2ccccc2CO)nn1-c1cccc(F)c1. The maximum atomic E-state index is 13.4. The van der Waals surface area contributed by atoms with Crippen LogP contribution in [-0.2, 0) is 13.2 Å². The number of hydrogen-bond acceptors (Lipinski definition) is 3. The number of rotatable bonds is 5. The molecule has 0 aliphatic rings. The quantitative estimate of drug-likeness (QED) is 0.751. The maximum Gasteiger partial charge on any atom is 0.272 e. The van der Waals surface area contributed by atoms with Crippen LogP contribution in [0.4, 0.5) is 4.39 Å². The van der Waals surface area contributed by atoms with E-state index in [9.17, 15) is 14.3 Å². The van der Waals surface area contributed by atoms with Crippen LogP contribution >= 0.6 is 0 Å². The zero-order valence-electron chi connectivity index (χ0n) is 13.7. The zero-order valence-corrected chi connectivity index (χ0v) is 13.7. The minimum atomic E-state index is -0.362. The van der Waals surface area contributed by atoms with Crippen LogP contribution in [0.25, 0.3) is 5.69 Å². The van der Waals surface area contributed by atoms with Crippen LogP contribution in [0.15, 0.2) is 54.6 Å². The molecule has 0 saturated carbocycles. The molecule has 25 heavy (non-hydrogen) atoms. The van der Waals surface area contributed by atoms with Gasteiger partial charge in [0.15, 0.2) is 5.69 Å². The van der Waals surface area contributed by atoms with Crippen molar-refractivity contribution in [1.29, 1.82) is 0 Å². The number of carbonyl (C=O) groups excluding carboxylic acids is 1. The predicted molar refractivity (Wildman–Crippen MR) is 91.8 cm³/mol. The lowest BCUT2D eigenvalue weighted by molar-refractivity contribution is 0.0945. The number of aliphatic hydroxyl groups excluding tert-OH is 1. The van der Waals surface area contributed by atoms with Crippen molar-refractivity contribution in [3.63, 3.8) is 0 Å². The Bertz CT molecular complexity index is 905. The van der Waals surface area contributed by atoms with Gasteiger partial charge in [-0.05, 0) is 42.3 Å². The molecule has 3 rings (SSSR count). The first-order valence-corrected chi connectivity index (χ1v) is 7.87. The molecular weight excluding hydrogens is 321 g/mol. The van der Waals surface area contributed by atoms with Gasteiger partial charge in [0.1, 0.15) is 5.82 Å². The summed E-state index contributed by atoms with van der Waals surface area (Å²) in [5.74, 6) is -0.690. The van der Waals surface area contributed by atoms with Crippen molar-refractivity contribution in [2.45, 2.75) is 20.1 Å². The van der Waals surface area contributed by atoms with Crippen LogP contribution < -0.4 is 5.32 Å². The number of benzene rings is 2. The van der Waals surface area contributed by atoms with Crippen molar-refractivity contribution < 1.29 is 14.3 Å². The van der Waals surface area contributed by atoms with Crippen LogP contribution in [0, 0.1) is 12.7 Å². The van der Waals surface area contributed by atoms with E-state index in [0.717, 1.165) is 16.8 Å². The summed E-state index contributed by atoms with van der Waals surface area (Å²) in [7, 11) is 0. The minimum Gasteiger partial charge on any atom is -0.392 e. The lowest BCUT2D eigenvalue weighted by Gasteiger charge is -2.08. The molecule has 1 amide bonds. The zero-order chi connectivity index (χ0) is 17.8. The molecule has 5 nitrogen and oxygen atoms in total. The Hall–Kier alpha value is -2.99. The van der Waals surface area contributed by atoms with E-state index in [-0.39, 0.29) is 24.0 Å². The van der Waals surface area contributed by atoms with E-state index in [2.05, 4.69) is 10.4 Å². The monoisotopic (exact) mass is 339 g/mol. The average molecular weight is 339 g/mol. The largest absolute Gasteiger partial charge is 0.392 e. The lowest BCUT2D eigenvalue weighted by Crippen LogP contribution is -2.24. The van der Waals surface area contributed by atoms with E-state index in [1.807, 2.05) is 24.3 Å². The highest BCUT2D eigenvalue weighted by atomic mass is 19.1. The molecule has 0 aliphatic carbocycles. The van der Waals surface area contributed by atoms with Gasteiger partial charge in [0, 0.05) is 12.2 Å². The second-order valence-corrected chi connectivity index (χ2v) is 5.67. The Balaban J connectivity index is 1.76. The molecule has 0 bridgehead atoms. The molecule has 128 valence electrons. The van der Waals surface area contributed by atoms with E-state index < -0.39 is 0 Å². The highest BCUT2D eigenvalue weighted by Crippen LogP contribution is 2.14. The smallest absolute Gasteiger partial charge is 0.272 e. The fourth-order valence-electron chi connectivity index (χ4n) is 2.60. The molecule has 2 N–H and O–H groups in total. The fourth-order valence-corrected chi connectivity index (χ4v) is 2.60. The number of hydrogen-bond donors (Lipinski definition) is 2. The van der Waals surface area contributed by atoms with Gasteiger partial charge in [-0.1, -0.05) is 30.3 Å². The molecule has 1 heterocycles. The van der Waals surface area contributed by atoms with Crippen LogP contribution in [0.3, 0.4) is 0 Å². The van der Waals surface area contributed by atoms with E-state index in [1.165, 1.54) is 16.8 Å². The van der Waals surface area contributed by atoms with Crippen LogP contribution in [0.1, 0.15) is 27.3 Å². The summed E-state index contributed by atoms with van der Waals surface area (Å²) in [6.45, 7) is 2.01. The third kappa shape index (κ3) is 3.75. The molecule has 0 spiro atoms. The Kier molecular flexibility index (Phi) is 4.90. The highest BCUT2D eigenvalue weighted by molar-refractivity contribution is 5.92. The van der Waals surface area contributed by atoms with Gasteiger partial charge in [-0.3, -0.25) is 4.79 Å². The molecule has 6 heteroatoms. The maximum absolute atomic E-state index is 13.4. The summed E-state index contributed by atoms with van der Waals surface area (Å²) in [5, 5.41) is 16.4. The van der Waals surface area contributed by atoms with Gasteiger partial charge in [0.05, 0.1) is 12.3 Å². The van der Waals surface area contributed by atoms with Crippen LogP contribution in [0.5, 0.6) is 0 Å². The minimum absolute atomic E-state index is 0.0840. The first-order valence-electron chi connectivity index (χ1n) is 7.87. The first-order chi connectivity index (χ1) is 12.1. The van der Waals surface area contributed by atoms with E-state index in [4.69, 9.17) is 0 Å². The van der Waals surface area contributed by atoms with Crippen molar-refractivity contribution in [3.8, 4) is 5.69 Å². The summed E-state index contributed by atoms with van der Waals surface area (Å²) in [6.07, 6.45) is 0. The number of amides is 1. The Labute approximate surface area is 144 Å². The predicted octanol–water partition coefficient (Wildman–Crippen LogP) is 2.74. The standard InChI is InChI=1S/C19H18FN3O2/c1-13-9-18(22-23(13)17-8-4-7-16(20)10-17)19(25)21-11-14-5-2-3-6-15(14)12-24/h2-10,24H,11-12H2,1H3,(H,21,25). The molecule has 1 aromatic heterocycles. The van der Waals surface area contributed by atoms with Crippen LogP contribution in [-0.4, -0.2) is 20.8 Å². The molecule has 2 aromatic carbocycles. The number of aliphatic hydroxyl groups is 1. The second kappa shape index (κ2) is 7.27. The molecule has 0 fully saturated rings. The van der Waals surface area contributed by atoms with E-state index in [0.29, 0.717) is 12.2 Å². The Morgan fingerprint density at radius 1 is 1.16 bits per heavy atom. The van der Waals surface area contributed by atoms with Gasteiger partial charge in [0.2, 0.25) is 0 Å². The molecule has 0 radical (unpaired) electrons. The summed E-state index contributed by atoms with van der Waals surface area (Å²) in [6, 6.07) is 15.0. The lowest BCUT2D eigenvalue weighted by atomic mass is 10.1. The number of halogens is 1. The third-order valence-corrected chi connectivity index (χ3v) is 3.90. The average Bonchev–Trinajstić information content (AvgIpc) is 3.02. The van der Waals surface area contributed by atoms with Crippen molar-refractivity contribution in [3.05, 3.63) is 82.9 Å². The Morgan fingerprint density at radius 3 is 2.64 bits per heavy atom. The van der Waals surface area contributed by atoms with Crippen LogP contribution in [0.2, 0.25) is 0 Å². The normalized spacial score (nSPS) is 10.7. The Morgan fingerprint density at radius 2 is 1.92 bits per heavy atom. The second-order valence-electron chi connectivity index (χ2n) is 5.67. The van der Waals surface area contributed by atoms with Crippen molar-refractivity contribution in [2.24, 2.45) is 0 Å². The van der Waals surface area contributed by atoms with Crippen molar-refractivity contribution in [2.75, 3.05) is 0 Å². The van der Waals surface area contributed by atoms with Gasteiger partial charge < -0.3 is 10.4 Å². The topological polar surface area (TPSA) is 67.2 Å². The van der Waals surface area contributed by atoms with Crippen molar-refractivity contribution >= 4 is 5.91 Å². The number of aryl methyl sites for hydroxylation is 1.